The van der Waals surface area contributed by atoms with E-state index >= 15 is 0 Å². The highest BCUT2D eigenvalue weighted by Gasteiger charge is 2.45. The molecule has 14 rings (SSSR count). The fourth-order valence-electron chi connectivity index (χ4n) is 11.2. The van der Waals surface area contributed by atoms with Crippen LogP contribution in [0.5, 0.6) is 17.2 Å². The Kier molecular flexibility index (Phi) is 8.06. The van der Waals surface area contributed by atoms with E-state index in [9.17, 15) is 0 Å². The van der Waals surface area contributed by atoms with E-state index in [2.05, 4.69) is 217 Å². The average molecular weight is 860 g/mol. The van der Waals surface area contributed by atoms with Crippen molar-refractivity contribution in [1.82, 2.24) is 4.57 Å². The number of ether oxygens (including phenoxy) is 1. The number of para-hydroxylation sites is 3. The SMILES string of the molecule is c1ccc([Si](c2ccccc2)(c2ccccc2)c2ccc3c(c2)OB2c4ccc(-c5cccc6oc7ccccc7c56)cc4Oc4cc(-n5c6ccccc6c6ccccc65)cc-3c42)cc1. The molecule has 4 heterocycles. The van der Waals surface area contributed by atoms with E-state index in [0.29, 0.717) is 0 Å². The maximum atomic E-state index is 7.46. The lowest BCUT2D eigenvalue weighted by atomic mass is 9.50. The number of fused-ring (bicyclic) bond motifs is 10. The standard InChI is InChI=1S/C60H38BNO3Si/c1-4-17-41(18-5-1)66(42-19-6-2-7-20-42,43-21-8-3-9-22-43)44-32-33-48-50-36-40(62-52-27-13-10-23-46(52)47-24-11-14-28-53(47)62)37-58-60(50)61(65-56(48)38-44)51-34-31-39(35-57(51)64-58)45-26-16-30-55-59(45)49-25-12-15-29-54(49)63-55/h1-38H. The van der Waals surface area contributed by atoms with E-state index in [1.54, 1.807) is 0 Å². The van der Waals surface area contributed by atoms with Crippen LogP contribution in [0.2, 0.25) is 0 Å². The van der Waals surface area contributed by atoms with Crippen molar-refractivity contribution in [2.75, 3.05) is 0 Å². The molecule has 12 aromatic rings. The zero-order chi connectivity index (χ0) is 43.3. The first-order chi connectivity index (χ1) is 32.7. The van der Waals surface area contributed by atoms with E-state index in [1.165, 1.54) is 31.5 Å². The number of benzene rings is 10. The van der Waals surface area contributed by atoms with E-state index in [1.807, 2.05) is 18.2 Å². The molecule has 66 heavy (non-hydrogen) atoms. The van der Waals surface area contributed by atoms with Crippen molar-refractivity contribution in [3.8, 4) is 45.2 Å². The largest absolute Gasteiger partial charge is 0.551 e. The van der Waals surface area contributed by atoms with Crippen molar-refractivity contribution in [3.63, 3.8) is 0 Å². The lowest BCUT2D eigenvalue weighted by Gasteiger charge is -2.37. The lowest BCUT2D eigenvalue weighted by Crippen LogP contribution is -2.74. The molecular weight excluding hydrogens is 822 g/mol. The van der Waals surface area contributed by atoms with Gasteiger partial charge in [0.1, 0.15) is 28.4 Å². The molecule has 308 valence electrons. The number of hydrogen-bond acceptors (Lipinski definition) is 3. The van der Waals surface area contributed by atoms with Crippen molar-refractivity contribution in [3.05, 3.63) is 231 Å². The third kappa shape index (κ3) is 5.33. The molecule has 0 N–H and O–H groups in total. The summed E-state index contributed by atoms with van der Waals surface area (Å²) in [5.74, 6) is 2.44. The maximum absolute atomic E-state index is 7.46. The highest BCUT2D eigenvalue weighted by Crippen LogP contribution is 2.44. The first-order valence-electron chi connectivity index (χ1n) is 22.6. The summed E-state index contributed by atoms with van der Waals surface area (Å²) in [4.78, 5) is 0. The first kappa shape index (κ1) is 37.1. The topological polar surface area (TPSA) is 36.5 Å². The summed E-state index contributed by atoms with van der Waals surface area (Å²) in [5, 5.41) is 9.83. The molecule has 0 radical (unpaired) electrons. The van der Waals surface area contributed by atoms with Gasteiger partial charge in [-0.05, 0) is 79.9 Å². The van der Waals surface area contributed by atoms with Crippen molar-refractivity contribution in [2.24, 2.45) is 0 Å². The van der Waals surface area contributed by atoms with Gasteiger partial charge < -0.3 is 18.4 Å². The molecule has 2 aliphatic rings. The molecule has 0 atom stereocenters. The van der Waals surface area contributed by atoms with Crippen LogP contribution >= 0.6 is 0 Å². The molecule has 0 fully saturated rings. The van der Waals surface area contributed by atoms with Gasteiger partial charge in [0.2, 0.25) is 0 Å². The molecule has 10 aromatic carbocycles. The Morgan fingerprint density at radius 1 is 0.394 bits per heavy atom. The van der Waals surface area contributed by atoms with Crippen LogP contribution in [0.4, 0.5) is 0 Å². The Morgan fingerprint density at radius 2 is 1.00 bits per heavy atom. The quantitative estimate of drug-likeness (QED) is 0.123. The fourth-order valence-corrected chi connectivity index (χ4v) is 16.0. The molecule has 0 saturated heterocycles. The Morgan fingerprint density at radius 3 is 1.68 bits per heavy atom. The summed E-state index contributed by atoms with van der Waals surface area (Å²) in [5.41, 5.74) is 11.4. The molecule has 2 aromatic heterocycles. The molecule has 6 heteroatoms. The van der Waals surface area contributed by atoms with Crippen LogP contribution in [0.25, 0.3) is 71.7 Å². The van der Waals surface area contributed by atoms with E-state index in [0.717, 1.165) is 89.1 Å². The molecule has 2 aliphatic heterocycles. The van der Waals surface area contributed by atoms with Crippen LogP contribution in [0.3, 0.4) is 0 Å². The van der Waals surface area contributed by atoms with Crippen LogP contribution in [0.15, 0.2) is 235 Å². The van der Waals surface area contributed by atoms with Gasteiger partial charge >= 0.3 is 6.92 Å². The molecule has 0 bridgehead atoms. The first-order valence-corrected chi connectivity index (χ1v) is 24.6. The van der Waals surface area contributed by atoms with E-state index < -0.39 is 15.0 Å². The van der Waals surface area contributed by atoms with Crippen LogP contribution in [0, 0.1) is 0 Å². The summed E-state index contributed by atoms with van der Waals surface area (Å²) in [6.45, 7) is -0.408. The van der Waals surface area contributed by atoms with E-state index in [-0.39, 0.29) is 0 Å². The number of furan rings is 1. The van der Waals surface area contributed by atoms with Gasteiger partial charge in [-0.25, -0.2) is 0 Å². The highest BCUT2D eigenvalue weighted by atomic mass is 28.3. The number of rotatable bonds is 6. The van der Waals surface area contributed by atoms with Crippen LogP contribution < -0.4 is 41.1 Å². The zero-order valence-electron chi connectivity index (χ0n) is 35.7. The Bertz CT molecular complexity index is 3750. The van der Waals surface area contributed by atoms with Crippen molar-refractivity contribution in [1.29, 1.82) is 0 Å². The Labute approximate surface area is 382 Å². The summed E-state index contributed by atoms with van der Waals surface area (Å²) < 4.78 is 23.4. The van der Waals surface area contributed by atoms with Crippen molar-refractivity contribution >= 4 is 90.4 Å². The number of nitrogens with zero attached hydrogens (tertiary/aromatic N) is 1. The second kappa shape index (κ2) is 14.3. The smallest absolute Gasteiger partial charge is 0.434 e. The molecule has 0 saturated carbocycles. The third-order valence-corrected chi connectivity index (χ3v) is 18.8. The molecule has 0 amide bonds. The Balaban J connectivity index is 1.02. The molecular formula is C60H38BNO3Si. The molecule has 0 spiro atoms. The average Bonchev–Trinajstić information content (AvgIpc) is 3.93. The number of aromatic nitrogens is 1. The van der Waals surface area contributed by atoms with Crippen LogP contribution in [-0.4, -0.2) is 19.6 Å². The third-order valence-electron chi connectivity index (χ3n) is 14.0. The van der Waals surface area contributed by atoms with Crippen LogP contribution in [0.1, 0.15) is 0 Å². The zero-order valence-corrected chi connectivity index (χ0v) is 36.7. The number of hydrogen-bond donors (Lipinski definition) is 0. The molecule has 4 nitrogen and oxygen atoms in total. The van der Waals surface area contributed by atoms with Gasteiger partial charge in [-0.2, -0.15) is 0 Å². The van der Waals surface area contributed by atoms with Gasteiger partial charge in [0.25, 0.3) is 0 Å². The summed E-state index contributed by atoms with van der Waals surface area (Å²) >= 11 is 0. The van der Waals surface area contributed by atoms with Gasteiger partial charge in [0, 0.05) is 44.1 Å². The van der Waals surface area contributed by atoms with Gasteiger partial charge in [-0.1, -0.05) is 182 Å². The molecule has 0 aliphatic carbocycles. The summed E-state index contributed by atoms with van der Waals surface area (Å²) in [7, 11) is -2.87. The Hall–Kier alpha value is -8.32. The highest BCUT2D eigenvalue weighted by molar-refractivity contribution is 7.20. The fraction of sp³-hybridized carbons (Fsp3) is 0. The minimum atomic E-state index is -2.87. The monoisotopic (exact) mass is 859 g/mol. The van der Waals surface area contributed by atoms with Gasteiger partial charge in [0.05, 0.1) is 16.7 Å². The second-order valence-electron chi connectivity index (χ2n) is 17.5. The molecule has 0 unspecified atom stereocenters. The van der Waals surface area contributed by atoms with Gasteiger partial charge in [0.15, 0.2) is 8.07 Å². The summed E-state index contributed by atoms with van der Waals surface area (Å²) in [6.07, 6.45) is 0. The predicted molar refractivity (Wildman–Crippen MR) is 275 cm³/mol. The minimum Gasteiger partial charge on any atom is -0.551 e. The maximum Gasteiger partial charge on any atom is 0.434 e. The summed E-state index contributed by atoms with van der Waals surface area (Å²) in [6, 6.07) is 83.4. The lowest BCUT2D eigenvalue weighted by molar-refractivity contribution is 0.479. The predicted octanol–water partition coefficient (Wildman–Crippen LogP) is 11.0. The van der Waals surface area contributed by atoms with Gasteiger partial charge in [-0.15, -0.1) is 0 Å². The van der Waals surface area contributed by atoms with Crippen molar-refractivity contribution in [2.45, 2.75) is 0 Å². The van der Waals surface area contributed by atoms with Crippen LogP contribution in [-0.2, 0) is 0 Å². The minimum absolute atomic E-state index is 0.408. The normalized spacial score (nSPS) is 12.8. The van der Waals surface area contributed by atoms with E-state index in [4.69, 9.17) is 13.8 Å². The van der Waals surface area contributed by atoms with Crippen molar-refractivity contribution < 1.29 is 13.8 Å². The second-order valence-corrected chi connectivity index (χ2v) is 21.3. The van der Waals surface area contributed by atoms with Gasteiger partial charge in [-0.3, -0.25) is 0 Å².